The van der Waals surface area contributed by atoms with Crippen molar-refractivity contribution < 1.29 is 9.53 Å². The highest BCUT2D eigenvalue weighted by atomic mass is 35.5. The molecule has 0 spiro atoms. The van der Waals surface area contributed by atoms with Crippen molar-refractivity contribution in [2.45, 2.75) is 24.5 Å². The molecule has 1 aromatic rings. The second-order valence-electron chi connectivity index (χ2n) is 4.82. The smallest absolute Gasteiger partial charge is 0.242 e. The van der Waals surface area contributed by atoms with Crippen LogP contribution in [-0.4, -0.2) is 36.0 Å². The van der Waals surface area contributed by atoms with Crippen molar-refractivity contribution in [3.8, 4) is 0 Å². The van der Waals surface area contributed by atoms with Crippen LogP contribution >= 0.6 is 23.7 Å². The van der Waals surface area contributed by atoms with Gasteiger partial charge < -0.3 is 15.4 Å². The summed E-state index contributed by atoms with van der Waals surface area (Å²) in [6.07, 6.45) is 1.67. The summed E-state index contributed by atoms with van der Waals surface area (Å²) < 4.78 is 5.71. The van der Waals surface area contributed by atoms with Gasteiger partial charge in [0.25, 0.3) is 0 Å². The summed E-state index contributed by atoms with van der Waals surface area (Å²) in [4.78, 5) is 14.0. The number of hydrogen-bond acceptors (Lipinski definition) is 4. The highest BCUT2D eigenvalue weighted by Gasteiger charge is 2.48. The number of hydrogen-bond donors (Lipinski definition) is 1. The molecule has 1 unspecified atom stereocenters. The monoisotopic (exact) mass is 288 g/mol. The molecule has 1 aliphatic carbocycles. The van der Waals surface area contributed by atoms with Crippen molar-refractivity contribution in [3.05, 3.63) is 22.4 Å². The number of ether oxygens (including phenoxy) is 1. The van der Waals surface area contributed by atoms with Gasteiger partial charge in [0.2, 0.25) is 5.91 Å². The Morgan fingerprint density at radius 3 is 2.94 bits per heavy atom. The third-order valence-electron chi connectivity index (χ3n) is 3.48. The summed E-state index contributed by atoms with van der Waals surface area (Å²) >= 11 is 1.65. The Morgan fingerprint density at radius 1 is 1.56 bits per heavy atom. The van der Waals surface area contributed by atoms with Gasteiger partial charge in [-0.3, -0.25) is 4.79 Å². The molecular weight excluding hydrogens is 272 g/mol. The van der Waals surface area contributed by atoms with Gasteiger partial charge in [-0.25, -0.2) is 0 Å². The van der Waals surface area contributed by atoms with Crippen molar-refractivity contribution in [2.24, 2.45) is 5.73 Å². The van der Waals surface area contributed by atoms with Gasteiger partial charge in [0.05, 0.1) is 18.7 Å². The topological polar surface area (TPSA) is 55.6 Å². The van der Waals surface area contributed by atoms with Crippen LogP contribution in [0.5, 0.6) is 0 Å². The lowest BCUT2D eigenvalue weighted by molar-refractivity contribution is -0.141. The maximum atomic E-state index is 12.1. The van der Waals surface area contributed by atoms with Crippen LogP contribution in [0.3, 0.4) is 0 Å². The van der Waals surface area contributed by atoms with Gasteiger partial charge in [-0.05, 0) is 35.2 Å². The molecule has 4 nitrogen and oxygen atoms in total. The summed E-state index contributed by atoms with van der Waals surface area (Å²) in [5.74, 6) is 0.0982. The number of carbonyl (C=O) groups excluding carboxylic acids is 1. The van der Waals surface area contributed by atoms with Crippen LogP contribution in [0, 0.1) is 0 Å². The number of nitrogens with two attached hydrogens (primary N) is 1. The largest absolute Gasteiger partial charge is 0.370 e. The van der Waals surface area contributed by atoms with Gasteiger partial charge in [-0.1, -0.05) is 0 Å². The van der Waals surface area contributed by atoms with Crippen LogP contribution in [0.1, 0.15) is 24.5 Å². The first kappa shape index (κ1) is 13.8. The number of thiophene rings is 1. The molecule has 0 aromatic carbocycles. The first-order chi connectivity index (χ1) is 8.19. The van der Waals surface area contributed by atoms with Crippen molar-refractivity contribution in [2.75, 3.05) is 19.7 Å². The molecular formula is C12H17ClN2O2S. The van der Waals surface area contributed by atoms with E-state index in [-0.39, 0.29) is 24.4 Å². The van der Waals surface area contributed by atoms with E-state index in [2.05, 4.69) is 11.4 Å². The van der Waals surface area contributed by atoms with E-state index in [0.29, 0.717) is 19.7 Å². The van der Waals surface area contributed by atoms with E-state index >= 15 is 0 Å². The van der Waals surface area contributed by atoms with E-state index in [9.17, 15) is 4.79 Å². The lowest BCUT2D eigenvalue weighted by Crippen LogP contribution is -2.50. The fourth-order valence-corrected chi connectivity index (χ4v) is 2.86. The Balaban J connectivity index is 0.00000120. The molecule has 2 fully saturated rings. The first-order valence-corrected chi connectivity index (χ1v) is 6.85. The maximum absolute atomic E-state index is 12.1. The van der Waals surface area contributed by atoms with Gasteiger partial charge in [0.15, 0.2) is 0 Å². The SMILES string of the molecule is Cl.NC1(C(=O)N2CCOC(c3ccsc3)C2)CC1. The fourth-order valence-electron chi connectivity index (χ4n) is 2.16. The molecule has 0 bridgehead atoms. The molecule has 2 aliphatic rings. The molecule has 6 heteroatoms. The van der Waals surface area contributed by atoms with Crippen LogP contribution in [0.25, 0.3) is 0 Å². The van der Waals surface area contributed by atoms with Gasteiger partial charge >= 0.3 is 0 Å². The Bertz CT molecular complexity index is 420. The average molecular weight is 289 g/mol. The van der Waals surface area contributed by atoms with Crippen molar-refractivity contribution in [1.29, 1.82) is 0 Å². The van der Waals surface area contributed by atoms with Gasteiger partial charge in [0.1, 0.15) is 6.10 Å². The zero-order valence-corrected chi connectivity index (χ0v) is 11.6. The minimum Gasteiger partial charge on any atom is -0.370 e. The Labute approximate surface area is 117 Å². The number of nitrogens with zero attached hydrogens (tertiary/aromatic N) is 1. The molecule has 1 aromatic heterocycles. The highest BCUT2D eigenvalue weighted by molar-refractivity contribution is 7.07. The number of carbonyl (C=O) groups is 1. The first-order valence-electron chi connectivity index (χ1n) is 5.91. The van der Waals surface area contributed by atoms with E-state index in [1.54, 1.807) is 11.3 Å². The number of amides is 1. The summed E-state index contributed by atoms with van der Waals surface area (Å²) in [7, 11) is 0. The average Bonchev–Trinajstić information content (AvgIpc) is 2.91. The molecule has 2 N–H and O–H groups in total. The molecule has 2 heterocycles. The summed E-state index contributed by atoms with van der Waals surface area (Å²) in [5, 5.41) is 4.11. The third-order valence-corrected chi connectivity index (χ3v) is 4.18. The predicted molar refractivity (Wildman–Crippen MR) is 73.0 cm³/mol. The minimum absolute atomic E-state index is 0. The predicted octanol–water partition coefficient (Wildman–Crippen LogP) is 1.56. The van der Waals surface area contributed by atoms with Crippen LogP contribution in [0.4, 0.5) is 0 Å². The number of morpholine rings is 1. The van der Waals surface area contributed by atoms with Crippen molar-refractivity contribution in [3.63, 3.8) is 0 Å². The zero-order valence-electron chi connectivity index (χ0n) is 10.0. The van der Waals surface area contributed by atoms with Crippen molar-refractivity contribution >= 4 is 29.7 Å². The standard InChI is InChI=1S/C12H16N2O2S.ClH/c13-12(2-3-12)11(15)14-4-5-16-10(7-14)9-1-6-17-8-9;/h1,6,8,10H,2-5,7,13H2;1H. The second-order valence-corrected chi connectivity index (χ2v) is 5.60. The summed E-state index contributed by atoms with van der Waals surface area (Å²) in [5.41, 5.74) is 6.56. The van der Waals surface area contributed by atoms with E-state index in [4.69, 9.17) is 10.5 Å². The zero-order chi connectivity index (χ0) is 11.9. The molecule has 18 heavy (non-hydrogen) atoms. The minimum atomic E-state index is -0.559. The van der Waals surface area contributed by atoms with E-state index in [1.807, 2.05) is 10.3 Å². The van der Waals surface area contributed by atoms with Crippen LogP contribution in [-0.2, 0) is 9.53 Å². The van der Waals surface area contributed by atoms with Crippen LogP contribution < -0.4 is 5.73 Å². The molecule has 1 atom stereocenters. The normalized spacial score (nSPS) is 25.4. The summed E-state index contributed by atoms with van der Waals surface area (Å²) in [6, 6.07) is 2.05. The van der Waals surface area contributed by atoms with Crippen LogP contribution in [0.2, 0.25) is 0 Å². The Morgan fingerprint density at radius 2 is 2.33 bits per heavy atom. The Kier molecular flexibility index (Phi) is 3.96. The molecule has 1 saturated heterocycles. The second kappa shape index (κ2) is 5.17. The van der Waals surface area contributed by atoms with E-state index < -0.39 is 5.54 Å². The molecule has 100 valence electrons. The fraction of sp³-hybridized carbons (Fsp3) is 0.583. The van der Waals surface area contributed by atoms with E-state index in [0.717, 1.165) is 18.4 Å². The van der Waals surface area contributed by atoms with Gasteiger partial charge in [-0.2, -0.15) is 11.3 Å². The highest BCUT2D eigenvalue weighted by Crippen LogP contribution is 2.35. The maximum Gasteiger partial charge on any atom is 0.242 e. The van der Waals surface area contributed by atoms with Crippen LogP contribution in [0.15, 0.2) is 16.8 Å². The van der Waals surface area contributed by atoms with E-state index in [1.165, 1.54) is 0 Å². The quantitative estimate of drug-likeness (QED) is 0.898. The molecule has 1 saturated carbocycles. The van der Waals surface area contributed by atoms with Gasteiger partial charge in [0, 0.05) is 6.54 Å². The lowest BCUT2D eigenvalue weighted by atomic mass is 10.1. The number of halogens is 1. The Hall–Kier alpha value is -0.620. The number of rotatable bonds is 2. The lowest BCUT2D eigenvalue weighted by Gasteiger charge is -2.34. The van der Waals surface area contributed by atoms with Crippen molar-refractivity contribution in [1.82, 2.24) is 4.90 Å². The molecule has 1 aliphatic heterocycles. The third kappa shape index (κ3) is 2.54. The molecule has 3 rings (SSSR count). The molecule has 0 radical (unpaired) electrons. The van der Waals surface area contributed by atoms with Gasteiger partial charge in [-0.15, -0.1) is 12.4 Å². The molecule has 1 amide bonds. The summed E-state index contributed by atoms with van der Waals surface area (Å²) in [6.45, 7) is 1.90.